The molecule has 0 heterocycles. The van der Waals surface area contributed by atoms with Crippen molar-refractivity contribution in [1.29, 1.82) is 0 Å². The smallest absolute Gasteiger partial charge is 0.462 e. The Labute approximate surface area is 448 Å². The molecule has 1 aliphatic rings. The number of fused-ring (bicyclic) bond motifs is 3. The zero-order valence-electron chi connectivity index (χ0n) is 46.6. The first-order chi connectivity index (χ1) is 35.8. The van der Waals surface area contributed by atoms with Gasteiger partial charge in [-0.15, -0.1) is 0 Å². The molecule has 0 saturated heterocycles. The molecular weight excluding hydrogens is 980 g/mol. The maximum atomic E-state index is 13.1. The number of hydrogen-bond donors (Lipinski definition) is 3. The van der Waals surface area contributed by atoms with E-state index in [0.29, 0.717) is 26.0 Å². The fraction of sp³-hybridized carbons (Fsp3) is 0.707. The van der Waals surface area contributed by atoms with Crippen molar-refractivity contribution < 1.29 is 66.2 Å². The number of rotatable bonds is 39. The van der Waals surface area contributed by atoms with Crippen LogP contribution < -0.4 is 10.6 Å². The molecule has 3 rings (SSSR count). The molecule has 16 nitrogen and oxygen atoms in total. The van der Waals surface area contributed by atoms with Crippen LogP contribution in [0.15, 0.2) is 48.5 Å². The Kier molecular flexibility index (Phi) is 30.9. The average molecular weight is 1070 g/mol. The lowest BCUT2D eigenvalue weighted by Crippen LogP contribution is -2.48. The molecular formula is C58H93N2O14P. The summed E-state index contributed by atoms with van der Waals surface area (Å²) in [5, 5.41) is 5.20. The van der Waals surface area contributed by atoms with Gasteiger partial charge in [0.2, 0.25) is 0 Å². The van der Waals surface area contributed by atoms with Gasteiger partial charge in [0.1, 0.15) is 24.4 Å². The molecule has 2 aromatic rings. The molecule has 75 heavy (non-hydrogen) atoms. The normalized spacial score (nSPS) is 13.9. The van der Waals surface area contributed by atoms with Gasteiger partial charge < -0.3 is 39.2 Å². The fourth-order valence-corrected chi connectivity index (χ4v) is 9.52. The number of esters is 3. The Bertz CT molecular complexity index is 1990. The first kappa shape index (κ1) is 64.8. The summed E-state index contributed by atoms with van der Waals surface area (Å²) in [7, 11) is -4.94. The van der Waals surface area contributed by atoms with Crippen LogP contribution in [0.3, 0.4) is 0 Å². The summed E-state index contributed by atoms with van der Waals surface area (Å²) < 4.78 is 50.7. The van der Waals surface area contributed by atoms with Gasteiger partial charge in [-0.2, -0.15) is 0 Å². The van der Waals surface area contributed by atoms with Gasteiger partial charge in [-0.1, -0.05) is 177 Å². The first-order valence-electron chi connectivity index (χ1n) is 28.0. The van der Waals surface area contributed by atoms with Crippen molar-refractivity contribution in [1.82, 2.24) is 10.6 Å². The molecule has 0 spiro atoms. The predicted molar refractivity (Wildman–Crippen MR) is 291 cm³/mol. The topological polar surface area (TPSA) is 211 Å². The molecule has 0 radical (unpaired) electrons. The molecule has 1 unspecified atom stereocenters. The number of carbonyl (C=O) groups is 5. The highest BCUT2D eigenvalue weighted by molar-refractivity contribution is 7.47. The lowest BCUT2D eigenvalue weighted by Gasteiger charge is -2.26. The number of nitrogens with one attached hydrogen (secondary N) is 2. The Hall–Kier alpha value is -4.50. The Morgan fingerprint density at radius 3 is 1.52 bits per heavy atom. The van der Waals surface area contributed by atoms with Crippen molar-refractivity contribution in [2.24, 2.45) is 0 Å². The van der Waals surface area contributed by atoms with Crippen LogP contribution in [0.5, 0.6) is 0 Å². The highest BCUT2D eigenvalue weighted by atomic mass is 31.2. The van der Waals surface area contributed by atoms with Gasteiger partial charge in [-0.3, -0.25) is 18.6 Å². The summed E-state index contributed by atoms with van der Waals surface area (Å²) >= 11 is 0. The van der Waals surface area contributed by atoms with Crippen LogP contribution in [0.2, 0.25) is 0 Å². The summed E-state index contributed by atoms with van der Waals surface area (Å²) in [5.41, 5.74) is 2.90. The second kappa shape index (κ2) is 35.8. The second-order valence-corrected chi connectivity index (χ2v) is 23.2. The standard InChI is InChI=1S/C58H93N2O14P/c1-8-9-10-11-12-13-14-15-16-18-21-24-27-38-52(61)68-41-45(42-70-75(66,67)71-44-51(54(63)73-57(2,3)4)60-56(65)74-58(5,6)7)72-53(62)39-28-25-22-19-17-20-23-26-33-40-59-55(64)69-43-50-48-36-31-29-34-46(48)47-35-30-32-37-49(47)50/h29-32,34-37,45,50-51H,8-28,33,38-44H2,1-7H3,(H,59,64)(H,60,65)(H,66,67)/t45-,51+/m1/s1. The van der Waals surface area contributed by atoms with Gasteiger partial charge in [-0.05, 0) is 83.1 Å². The minimum absolute atomic E-state index is 0.0264. The third kappa shape index (κ3) is 29.6. The molecule has 0 aromatic heterocycles. The summed E-state index contributed by atoms with van der Waals surface area (Å²) in [6.07, 6.45) is 21.2. The van der Waals surface area contributed by atoms with E-state index in [4.69, 9.17) is 32.7 Å². The van der Waals surface area contributed by atoms with E-state index in [-0.39, 0.29) is 18.8 Å². The number of benzene rings is 2. The molecule has 17 heteroatoms. The largest absolute Gasteiger partial charge is 0.472 e. The van der Waals surface area contributed by atoms with Crippen molar-refractivity contribution in [3.63, 3.8) is 0 Å². The van der Waals surface area contributed by atoms with Crippen LogP contribution in [-0.2, 0) is 51.7 Å². The molecule has 2 aromatic carbocycles. The molecule has 0 saturated carbocycles. The minimum atomic E-state index is -4.94. The lowest BCUT2D eigenvalue weighted by molar-refractivity contribution is -0.161. The van der Waals surface area contributed by atoms with Crippen LogP contribution in [0, 0.1) is 0 Å². The number of phosphoric ester groups is 1. The van der Waals surface area contributed by atoms with E-state index in [1.807, 2.05) is 24.3 Å². The molecule has 0 bridgehead atoms. The number of hydrogen-bond acceptors (Lipinski definition) is 13. The maximum Gasteiger partial charge on any atom is 0.472 e. The van der Waals surface area contributed by atoms with Crippen molar-refractivity contribution in [2.75, 3.05) is 33.0 Å². The molecule has 0 fully saturated rings. The van der Waals surface area contributed by atoms with Crippen molar-refractivity contribution in [3.05, 3.63) is 59.7 Å². The van der Waals surface area contributed by atoms with E-state index in [9.17, 15) is 33.4 Å². The van der Waals surface area contributed by atoms with Crippen LogP contribution in [0.1, 0.15) is 220 Å². The maximum absolute atomic E-state index is 13.1. The van der Waals surface area contributed by atoms with Crippen LogP contribution in [0.25, 0.3) is 11.1 Å². The summed E-state index contributed by atoms with van der Waals surface area (Å²) in [5.74, 6) is -1.98. The number of phosphoric acid groups is 1. The van der Waals surface area contributed by atoms with Crippen molar-refractivity contribution >= 4 is 37.9 Å². The van der Waals surface area contributed by atoms with E-state index in [2.05, 4.69) is 41.8 Å². The zero-order chi connectivity index (χ0) is 55.0. The summed E-state index contributed by atoms with van der Waals surface area (Å²) in [6, 6.07) is 15.0. The van der Waals surface area contributed by atoms with Gasteiger partial charge in [-0.25, -0.2) is 18.9 Å². The summed E-state index contributed by atoms with van der Waals surface area (Å²) in [6.45, 7) is 10.9. The molecule has 3 atom stereocenters. The average Bonchev–Trinajstić information content (AvgIpc) is 3.66. The fourth-order valence-electron chi connectivity index (χ4n) is 8.75. The van der Waals surface area contributed by atoms with Crippen molar-refractivity contribution in [2.45, 2.75) is 232 Å². The van der Waals surface area contributed by atoms with Gasteiger partial charge in [0.15, 0.2) is 12.1 Å². The molecule has 3 N–H and O–H groups in total. The Morgan fingerprint density at radius 1 is 0.560 bits per heavy atom. The number of ether oxygens (including phenoxy) is 5. The minimum Gasteiger partial charge on any atom is -0.462 e. The molecule has 2 amide bonds. The SMILES string of the molecule is CCCCCCCCCCCCCCCC(=O)OC[C@H](COP(=O)(O)OC[C@H](NC(=O)OC(C)(C)C)C(=O)OC(C)(C)C)OC(=O)CCCCCCCCCCCNC(=O)OCC1c2ccccc2-c2ccccc21. The molecule has 0 aliphatic heterocycles. The number of amides is 2. The zero-order valence-corrected chi connectivity index (χ0v) is 47.5. The van der Waals surface area contributed by atoms with Gasteiger partial charge in [0.25, 0.3) is 0 Å². The molecule has 1 aliphatic carbocycles. The van der Waals surface area contributed by atoms with Gasteiger partial charge in [0, 0.05) is 25.3 Å². The first-order valence-corrected chi connectivity index (χ1v) is 29.5. The molecule has 424 valence electrons. The van der Waals surface area contributed by atoms with Crippen LogP contribution in [-0.4, -0.2) is 91.3 Å². The highest BCUT2D eigenvalue weighted by Gasteiger charge is 2.34. The van der Waals surface area contributed by atoms with Gasteiger partial charge >= 0.3 is 37.9 Å². The number of carbonyl (C=O) groups excluding carboxylic acids is 5. The monoisotopic (exact) mass is 1070 g/mol. The van der Waals surface area contributed by atoms with Crippen LogP contribution in [0.4, 0.5) is 9.59 Å². The van der Waals surface area contributed by atoms with Gasteiger partial charge in [0.05, 0.1) is 13.2 Å². The Morgan fingerprint density at radius 2 is 1.01 bits per heavy atom. The number of alkyl carbamates (subject to hydrolysis) is 2. The second-order valence-electron chi connectivity index (χ2n) is 21.8. The third-order valence-corrected chi connectivity index (χ3v) is 13.5. The van der Waals surface area contributed by atoms with E-state index in [1.54, 1.807) is 41.5 Å². The third-order valence-electron chi connectivity index (χ3n) is 12.6. The predicted octanol–water partition coefficient (Wildman–Crippen LogP) is 13.7. The highest BCUT2D eigenvalue weighted by Crippen LogP contribution is 2.45. The Balaban J connectivity index is 1.36. The number of unbranched alkanes of at least 4 members (excludes halogenated alkanes) is 20. The lowest BCUT2D eigenvalue weighted by atomic mass is 9.98. The van der Waals surface area contributed by atoms with E-state index in [0.717, 1.165) is 70.6 Å². The van der Waals surface area contributed by atoms with E-state index >= 15 is 0 Å². The van der Waals surface area contributed by atoms with Crippen LogP contribution >= 0.6 is 7.82 Å². The quantitative estimate of drug-likeness (QED) is 0.0246. The summed E-state index contributed by atoms with van der Waals surface area (Å²) in [4.78, 5) is 74.3. The van der Waals surface area contributed by atoms with Crippen molar-refractivity contribution in [3.8, 4) is 11.1 Å². The van der Waals surface area contributed by atoms with E-state index in [1.165, 1.54) is 80.0 Å². The van der Waals surface area contributed by atoms with E-state index < -0.39 is 81.1 Å².